The van der Waals surface area contributed by atoms with Gasteiger partial charge in [-0.15, -0.1) is 0 Å². The minimum atomic E-state index is -1.35. The van der Waals surface area contributed by atoms with Gasteiger partial charge >= 0.3 is 35.5 Å². The molecule has 0 aliphatic carbocycles. The van der Waals surface area contributed by atoms with Gasteiger partial charge in [-0.2, -0.15) is 0 Å². The Morgan fingerprint density at radius 3 is 1.90 bits per heavy atom. The summed E-state index contributed by atoms with van der Waals surface area (Å²) >= 11 is 0. The summed E-state index contributed by atoms with van der Waals surface area (Å²) in [6, 6.07) is 0. The van der Waals surface area contributed by atoms with Crippen molar-refractivity contribution in [3.63, 3.8) is 0 Å². The molecular weight excluding hydrogens is 281 g/mol. The van der Waals surface area contributed by atoms with Crippen LogP contribution in [0.5, 0.6) is 0 Å². The summed E-state index contributed by atoms with van der Waals surface area (Å²) in [7, 11) is 0. The number of aliphatic hydroxyl groups is 2. The van der Waals surface area contributed by atoms with E-state index >= 15 is 0 Å². The number of rotatable bonds is 6. The molecular formula is C11H22NNaO7. The summed E-state index contributed by atoms with van der Waals surface area (Å²) in [5.74, 6) is -2.53. The third-order valence-electron chi connectivity index (χ3n) is 2.03. The quantitative estimate of drug-likeness (QED) is 0.372. The summed E-state index contributed by atoms with van der Waals surface area (Å²) in [5, 5.41) is 36.4. The molecule has 1 amide bonds. The number of aliphatic hydroxyl groups excluding tert-OH is 2. The summed E-state index contributed by atoms with van der Waals surface area (Å²) < 4.78 is 0. The number of carbonyl (C=O) groups excluding carboxylic acids is 1. The van der Waals surface area contributed by atoms with Crippen molar-refractivity contribution in [1.29, 1.82) is 0 Å². The number of nitrogens with one attached hydrogen (secondary N) is 1. The molecule has 8 nitrogen and oxygen atoms in total. The molecule has 0 aromatic rings. The number of carboxylic acids is 2. The fourth-order valence-corrected chi connectivity index (χ4v) is 0.831. The van der Waals surface area contributed by atoms with Crippen LogP contribution >= 0.6 is 0 Å². The van der Waals surface area contributed by atoms with Crippen LogP contribution < -0.4 is 5.32 Å². The van der Waals surface area contributed by atoms with Gasteiger partial charge in [-0.3, -0.25) is 14.4 Å². The first-order valence-electron chi connectivity index (χ1n) is 5.52. The van der Waals surface area contributed by atoms with Gasteiger partial charge in [0.15, 0.2) is 0 Å². The van der Waals surface area contributed by atoms with Crippen molar-refractivity contribution in [1.82, 2.24) is 5.32 Å². The van der Waals surface area contributed by atoms with E-state index in [1.165, 1.54) is 13.8 Å². The van der Waals surface area contributed by atoms with Gasteiger partial charge in [0.05, 0.1) is 13.0 Å². The monoisotopic (exact) mass is 303 g/mol. The van der Waals surface area contributed by atoms with E-state index in [1.807, 2.05) is 0 Å². The molecule has 0 radical (unpaired) electrons. The van der Waals surface area contributed by atoms with E-state index in [0.717, 1.165) is 6.92 Å². The Kier molecular flexibility index (Phi) is 14.7. The Balaban J connectivity index is -0.000000508. The summed E-state index contributed by atoms with van der Waals surface area (Å²) in [5.41, 5.74) is -0.937. The SMILES string of the molecule is CC(=O)O.CC(C)(CO)[C@@H](O)C(=O)NCCC(=O)O.[NaH]. The van der Waals surface area contributed by atoms with Crippen LogP contribution in [0, 0.1) is 5.41 Å². The first-order chi connectivity index (χ1) is 8.54. The number of carboxylic acid groups (broad SMARTS) is 2. The van der Waals surface area contributed by atoms with E-state index in [4.69, 9.17) is 20.1 Å². The zero-order chi connectivity index (χ0) is 15.6. The Bertz CT molecular complexity index is 316. The molecule has 0 unspecified atom stereocenters. The molecule has 0 aromatic carbocycles. The Hall–Kier alpha value is -0.670. The average Bonchev–Trinajstić information content (AvgIpc) is 2.26. The number of hydrogen-bond donors (Lipinski definition) is 5. The third kappa shape index (κ3) is 13.8. The maximum atomic E-state index is 11.3. The van der Waals surface area contributed by atoms with Gasteiger partial charge in [-0.05, 0) is 0 Å². The fourth-order valence-electron chi connectivity index (χ4n) is 0.831. The topological polar surface area (TPSA) is 144 Å². The van der Waals surface area contributed by atoms with Crippen LogP contribution in [0.1, 0.15) is 27.2 Å². The molecule has 20 heavy (non-hydrogen) atoms. The van der Waals surface area contributed by atoms with Crippen LogP contribution in [0.3, 0.4) is 0 Å². The van der Waals surface area contributed by atoms with Crippen LogP contribution in [0.4, 0.5) is 0 Å². The molecule has 9 heteroatoms. The van der Waals surface area contributed by atoms with E-state index in [0.29, 0.717) is 0 Å². The van der Waals surface area contributed by atoms with Gasteiger partial charge in [0.2, 0.25) is 5.91 Å². The van der Waals surface area contributed by atoms with Gasteiger partial charge in [0.1, 0.15) is 6.10 Å². The second-order valence-electron chi connectivity index (χ2n) is 4.50. The predicted octanol–water partition coefficient (Wildman–Crippen LogP) is -1.60. The third-order valence-corrected chi connectivity index (χ3v) is 2.03. The molecule has 0 spiro atoms. The second-order valence-corrected chi connectivity index (χ2v) is 4.50. The molecule has 0 saturated carbocycles. The van der Waals surface area contributed by atoms with Crippen LogP contribution in [0.2, 0.25) is 0 Å². The van der Waals surface area contributed by atoms with Crippen molar-refractivity contribution in [2.24, 2.45) is 5.41 Å². The molecule has 0 bridgehead atoms. The zero-order valence-corrected chi connectivity index (χ0v) is 11.2. The van der Waals surface area contributed by atoms with Crippen LogP contribution in [-0.2, 0) is 14.4 Å². The van der Waals surface area contributed by atoms with Crippen molar-refractivity contribution in [2.45, 2.75) is 33.3 Å². The van der Waals surface area contributed by atoms with Crippen molar-refractivity contribution in [3.05, 3.63) is 0 Å². The minimum absolute atomic E-state index is 0. The maximum absolute atomic E-state index is 11.3. The number of amides is 1. The number of hydrogen-bond acceptors (Lipinski definition) is 5. The molecule has 5 N–H and O–H groups in total. The normalized spacial score (nSPS) is 11.2. The fraction of sp³-hybridized carbons (Fsp3) is 0.727. The van der Waals surface area contributed by atoms with Crippen molar-refractivity contribution >= 4 is 47.4 Å². The summed E-state index contributed by atoms with van der Waals surface area (Å²) in [4.78, 5) is 30.4. The first kappa shape index (κ1) is 24.4. The predicted molar refractivity (Wildman–Crippen MR) is 72.6 cm³/mol. The Morgan fingerprint density at radius 2 is 1.60 bits per heavy atom. The standard InChI is InChI=1S/C9H17NO5.C2H4O2.Na.H/c1-9(2,5-11)7(14)8(15)10-4-3-6(12)13;1-2(3)4;;/h7,11,14H,3-5H2,1-2H3,(H,10,15)(H,12,13);1H3,(H,3,4);;/t7-;;;/m0.../s1. The first-order valence-corrected chi connectivity index (χ1v) is 5.52. The van der Waals surface area contributed by atoms with Crippen molar-refractivity contribution in [3.8, 4) is 0 Å². The van der Waals surface area contributed by atoms with Crippen molar-refractivity contribution < 1.29 is 34.8 Å². The second kappa shape index (κ2) is 12.1. The number of aliphatic carboxylic acids is 2. The molecule has 1 atom stereocenters. The Morgan fingerprint density at radius 1 is 1.20 bits per heavy atom. The molecule has 0 aliphatic heterocycles. The van der Waals surface area contributed by atoms with Gasteiger partial charge in [0, 0.05) is 18.9 Å². The van der Waals surface area contributed by atoms with E-state index in [1.54, 1.807) is 0 Å². The molecule has 0 aromatic heterocycles. The van der Waals surface area contributed by atoms with E-state index in [-0.39, 0.29) is 49.1 Å². The van der Waals surface area contributed by atoms with Gasteiger partial charge < -0.3 is 25.7 Å². The van der Waals surface area contributed by atoms with E-state index < -0.39 is 29.4 Å². The molecule has 0 rings (SSSR count). The summed E-state index contributed by atoms with van der Waals surface area (Å²) in [6.07, 6.45) is -1.55. The van der Waals surface area contributed by atoms with Crippen molar-refractivity contribution in [2.75, 3.05) is 13.2 Å². The van der Waals surface area contributed by atoms with Gasteiger partial charge in [-0.1, -0.05) is 13.8 Å². The van der Waals surface area contributed by atoms with E-state index in [2.05, 4.69) is 5.32 Å². The van der Waals surface area contributed by atoms with Crippen LogP contribution in [0.25, 0.3) is 0 Å². The zero-order valence-electron chi connectivity index (χ0n) is 11.2. The van der Waals surface area contributed by atoms with E-state index in [9.17, 15) is 14.7 Å². The molecule has 0 aliphatic rings. The van der Waals surface area contributed by atoms with Crippen LogP contribution in [0.15, 0.2) is 0 Å². The molecule has 0 fully saturated rings. The Labute approximate surface area is 139 Å². The average molecular weight is 303 g/mol. The molecule has 0 saturated heterocycles. The summed E-state index contributed by atoms with van der Waals surface area (Å²) in [6.45, 7) is 3.79. The molecule has 114 valence electrons. The number of carbonyl (C=O) groups is 3. The van der Waals surface area contributed by atoms with Gasteiger partial charge in [0.25, 0.3) is 5.97 Å². The molecule has 0 heterocycles. The van der Waals surface area contributed by atoms with Gasteiger partial charge in [-0.25, -0.2) is 0 Å². The van der Waals surface area contributed by atoms with Crippen LogP contribution in [-0.4, -0.2) is 87.1 Å².